The minimum atomic E-state index is -3.88. The largest absolute Gasteiger partial charge is 0.468 e. The number of aryl methyl sites for hydroxylation is 1. The standard InChI is InChI=1S/C25H28FN3O4S/c1-18-16-21(11-12-22(18)26)34(31,32)28-20-9-7-19(8-10-20)25(30)27-17-23(24-6-5-15-33-24)29-13-3-2-4-14-29/h5-12,15-16,23,28H,2-4,13-14,17H2,1H3,(H,27,30)/t23-/m0/s1. The van der Waals surface area contributed by atoms with Gasteiger partial charge in [-0.15, -0.1) is 0 Å². The van der Waals surface area contributed by atoms with Gasteiger partial charge in [-0.05, 0) is 93.0 Å². The molecule has 1 aromatic heterocycles. The molecular formula is C25H28FN3O4S. The maximum atomic E-state index is 13.5. The molecule has 0 aliphatic carbocycles. The Bertz CT molecular complexity index is 1220. The molecule has 2 heterocycles. The van der Waals surface area contributed by atoms with Crippen molar-refractivity contribution in [3.8, 4) is 0 Å². The molecule has 34 heavy (non-hydrogen) atoms. The fourth-order valence-corrected chi connectivity index (χ4v) is 5.24. The highest BCUT2D eigenvalue weighted by Crippen LogP contribution is 2.25. The first-order valence-corrected chi connectivity index (χ1v) is 12.8. The van der Waals surface area contributed by atoms with Gasteiger partial charge in [0.2, 0.25) is 0 Å². The van der Waals surface area contributed by atoms with Gasteiger partial charge in [0.15, 0.2) is 0 Å². The second-order valence-corrected chi connectivity index (χ2v) is 10.1. The summed E-state index contributed by atoms with van der Waals surface area (Å²) in [4.78, 5) is 15.1. The molecular weight excluding hydrogens is 457 g/mol. The number of carbonyl (C=O) groups is 1. The first-order chi connectivity index (χ1) is 16.3. The molecule has 0 spiro atoms. The number of nitrogens with one attached hydrogen (secondary N) is 2. The van der Waals surface area contributed by atoms with E-state index in [1.54, 1.807) is 18.4 Å². The number of anilines is 1. The molecule has 0 unspecified atom stereocenters. The molecule has 4 rings (SSSR count). The molecule has 9 heteroatoms. The normalized spacial score (nSPS) is 15.6. The number of amides is 1. The number of nitrogens with zero attached hydrogens (tertiary/aromatic N) is 1. The van der Waals surface area contributed by atoms with Crippen molar-refractivity contribution in [2.45, 2.75) is 37.1 Å². The lowest BCUT2D eigenvalue weighted by Crippen LogP contribution is -2.40. The number of carbonyl (C=O) groups excluding carboxylic acids is 1. The van der Waals surface area contributed by atoms with Crippen molar-refractivity contribution in [2.75, 3.05) is 24.4 Å². The summed E-state index contributed by atoms with van der Waals surface area (Å²) >= 11 is 0. The van der Waals surface area contributed by atoms with Crippen molar-refractivity contribution >= 4 is 21.6 Å². The number of furan rings is 1. The van der Waals surface area contributed by atoms with Crippen molar-refractivity contribution in [1.29, 1.82) is 0 Å². The maximum Gasteiger partial charge on any atom is 0.261 e. The summed E-state index contributed by atoms with van der Waals surface area (Å²) in [6.45, 7) is 3.83. The van der Waals surface area contributed by atoms with Gasteiger partial charge in [0.05, 0.1) is 17.2 Å². The first kappa shape index (κ1) is 24.0. The maximum absolute atomic E-state index is 13.5. The highest BCUT2D eigenvalue weighted by molar-refractivity contribution is 7.92. The molecule has 180 valence electrons. The van der Waals surface area contributed by atoms with Crippen LogP contribution in [0.15, 0.2) is 70.2 Å². The lowest BCUT2D eigenvalue weighted by Gasteiger charge is -2.33. The molecule has 1 fully saturated rings. The summed E-state index contributed by atoms with van der Waals surface area (Å²) in [6, 6.07) is 13.5. The van der Waals surface area contributed by atoms with E-state index in [0.717, 1.165) is 37.8 Å². The van der Waals surface area contributed by atoms with Crippen molar-refractivity contribution in [3.63, 3.8) is 0 Å². The molecule has 0 bridgehead atoms. The Labute approximate surface area is 199 Å². The van der Waals surface area contributed by atoms with Gasteiger partial charge in [-0.3, -0.25) is 14.4 Å². The van der Waals surface area contributed by atoms with Crippen LogP contribution in [0.5, 0.6) is 0 Å². The van der Waals surface area contributed by atoms with E-state index in [0.29, 0.717) is 17.8 Å². The number of rotatable bonds is 8. The van der Waals surface area contributed by atoms with Crippen molar-refractivity contribution in [2.24, 2.45) is 0 Å². The van der Waals surface area contributed by atoms with E-state index in [4.69, 9.17) is 4.42 Å². The number of hydrogen-bond acceptors (Lipinski definition) is 5. The number of halogens is 1. The number of piperidine rings is 1. The number of likely N-dealkylation sites (tertiary alicyclic amines) is 1. The van der Waals surface area contributed by atoms with E-state index in [-0.39, 0.29) is 22.4 Å². The van der Waals surface area contributed by atoms with Gasteiger partial charge < -0.3 is 9.73 Å². The summed E-state index contributed by atoms with van der Waals surface area (Å²) in [5.74, 6) is 0.101. The summed E-state index contributed by atoms with van der Waals surface area (Å²) in [5.41, 5.74) is 0.963. The van der Waals surface area contributed by atoms with E-state index < -0.39 is 15.8 Å². The predicted octanol–water partition coefficient (Wildman–Crippen LogP) is 4.48. The second-order valence-electron chi connectivity index (χ2n) is 8.43. The van der Waals surface area contributed by atoms with E-state index in [2.05, 4.69) is 14.9 Å². The van der Waals surface area contributed by atoms with E-state index in [1.165, 1.54) is 37.6 Å². The Morgan fingerprint density at radius 3 is 2.47 bits per heavy atom. The minimum Gasteiger partial charge on any atom is -0.468 e. The van der Waals surface area contributed by atoms with Crippen LogP contribution in [0.2, 0.25) is 0 Å². The lowest BCUT2D eigenvalue weighted by molar-refractivity contribution is 0.0914. The van der Waals surface area contributed by atoms with Gasteiger partial charge in [0, 0.05) is 17.8 Å². The van der Waals surface area contributed by atoms with Crippen LogP contribution in [0.4, 0.5) is 10.1 Å². The second kappa shape index (κ2) is 10.4. The zero-order valence-corrected chi connectivity index (χ0v) is 19.8. The van der Waals surface area contributed by atoms with Crippen LogP contribution in [0, 0.1) is 12.7 Å². The lowest BCUT2D eigenvalue weighted by atomic mass is 10.1. The van der Waals surface area contributed by atoms with Gasteiger partial charge in [0.1, 0.15) is 11.6 Å². The van der Waals surface area contributed by atoms with Gasteiger partial charge >= 0.3 is 0 Å². The molecule has 2 aromatic carbocycles. The Kier molecular flexibility index (Phi) is 7.33. The van der Waals surface area contributed by atoms with Crippen molar-refractivity contribution < 1.29 is 22.0 Å². The van der Waals surface area contributed by atoms with E-state index in [9.17, 15) is 17.6 Å². The van der Waals surface area contributed by atoms with Crippen LogP contribution in [0.1, 0.15) is 47.0 Å². The monoisotopic (exact) mass is 485 g/mol. The van der Waals surface area contributed by atoms with E-state index >= 15 is 0 Å². The van der Waals surface area contributed by atoms with Crippen LogP contribution in [0.3, 0.4) is 0 Å². The number of hydrogen-bond donors (Lipinski definition) is 2. The minimum absolute atomic E-state index is 0.0325. The Hall–Kier alpha value is -3.17. The molecule has 1 saturated heterocycles. The third-order valence-corrected chi connectivity index (χ3v) is 7.38. The topological polar surface area (TPSA) is 91.6 Å². The average molecular weight is 486 g/mol. The van der Waals surface area contributed by atoms with Gasteiger partial charge in [-0.25, -0.2) is 12.8 Å². The molecule has 7 nitrogen and oxygen atoms in total. The zero-order chi connectivity index (χ0) is 24.1. The molecule has 1 atom stereocenters. The summed E-state index contributed by atoms with van der Waals surface area (Å²) < 4.78 is 46.7. The predicted molar refractivity (Wildman–Crippen MR) is 128 cm³/mol. The SMILES string of the molecule is Cc1cc(S(=O)(=O)Nc2ccc(C(=O)NC[C@@H](c3ccco3)N3CCCCC3)cc2)ccc1F. The van der Waals surface area contributed by atoms with Gasteiger partial charge in [0.25, 0.3) is 15.9 Å². The van der Waals surface area contributed by atoms with Crippen LogP contribution in [0.25, 0.3) is 0 Å². The van der Waals surface area contributed by atoms with Gasteiger partial charge in [-0.1, -0.05) is 6.42 Å². The van der Waals surface area contributed by atoms with E-state index in [1.807, 2.05) is 12.1 Å². The average Bonchev–Trinajstić information content (AvgIpc) is 3.36. The molecule has 0 saturated carbocycles. The molecule has 1 aliphatic heterocycles. The summed E-state index contributed by atoms with van der Waals surface area (Å²) in [5, 5.41) is 2.97. The van der Waals surface area contributed by atoms with Crippen molar-refractivity contribution in [3.05, 3.63) is 83.6 Å². The van der Waals surface area contributed by atoms with Gasteiger partial charge in [-0.2, -0.15) is 0 Å². The molecule has 1 aliphatic rings. The third-order valence-electron chi connectivity index (χ3n) is 6.00. The highest BCUT2D eigenvalue weighted by Gasteiger charge is 2.25. The number of sulfonamides is 1. The summed E-state index contributed by atoms with van der Waals surface area (Å²) in [6.07, 6.45) is 5.10. The first-order valence-electron chi connectivity index (χ1n) is 11.3. The Morgan fingerprint density at radius 2 is 1.82 bits per heavy atom. The Morgan fingerprint density at radius 1 is 1.09 bits per heavy atom. The molecule has 3 aromatic rings. The number of benzene rings is 2. The zero-order valence-electron chi connectivity index (χ0n) is 19.0. The van der Waals surface area contributed by atoms with Crippen LogP contribution in [-0.2, 0) is 10.0 Å². The van der Waals surface area contributed by atoms with Crippen LogP contribution < -0.4 is 10.0 Å². The molecule has 1 amide bonds. The van der Waals surface area contributed by atoms with Crippen LogP contribution >= 0.6 is 0 Å². The fourth-order valence-electron chi connectivity index (χ4n) is 4.10. The molecule has 2 N–H and O–H groups in total. The molecule has 0 radical (unpaired) electrons. The quantitative estimate of drug-likeness (QED) is 0.491. The third kappa shape index (κ3) is 5.66. The highest BCUT2D eigenvalue weighted by atomic mass is 32.2. The van der Waals surface area contributed by atoms with Crippen molar-refractivity contribution in [1.82, 2.24) is 10.2 Å². The smallest absolute Gasteiger partial charge is 0.261 e. The Balaban J connectivity index is 1.40. The van der Waals surface area contributed by atoms with Crippen LogP contribution in [-0.4, -0.2) is 38.9 Å². The fraction of sp³-hybridized carbons (Fsp3) is 0.320. The summed E-state index contributed by atoms with van der Waals surface area (Å²) in [7, 11) is -3.88.